The lowest BCUT2D eigenvalue weighted by molar-refractivity contribution is -0.384. The van der Waals surface area contributed by atoms with E-state index in [-0.39, 0.29) is 17.2 Å². The van der Waals surface area contributed by atoms with Gasteiger partial charge in [-0.2, -0.15) is 5.10 Å². The number of rotatable bonds is 3. The molecule has 0 amide bonds. The van der Waals surface area contributed by atoms with E-state index >= 15 is 0 Å². The molecule has 0 radical (unpaired) electrons. The maximum atomic E-state index is 11.4. The molecule has 0 atom stereocenters. The molecule has 3 aromatic heterocycles. The molecule has 3 heterocycles. The van der Waals surface area contributed by atoms with Gasteiger partial charge in [0, 0.05) is 6.20 Å². The highest BCUT2D eigenvalue weighted by molar-refractivity contribution is 5.90. The highest BCUT2D eigenvalue weighted by Gasteiger charge is 2.22. The third-order valence-electron chi connectivity index (χ3n) is 2.71. The molecule has 9 heteroatoms. The van der Waals surface area contributed by atoms with E-state index < -0.39 is 10.9 Å². The van der Waals surface area contributed by atoms with Crippen LogP contribution in [0.3, 0.4) is 0 Å². The Kier molecular flexibility index (Phi) is 2.46. The summed E-state index contributed by atoms with van der Waals surface area (Å²) in [6, 6.07) is 5.01. The Hall–Kier alpha value is -3.23. The van der Waals surface area contributed by atoms with Gasteiger partial charge in [0.05, 0.1) is 4.92 Å². The van der Waals surface area contributed by atoms with Gasteiger partial charge in [0.15, 0.2) is 11.5 Å². The molecule has 0 aliphatic rings. The third-order valence-corrected chi connectivity index (χ3v) is 2.71. The molecule has 0 aliphatic heterocycles. The van der Waals surface area contributed by atoms with Gasteiger partial charge in [0.1, 0.15) is 18.0 Å². The lowest BCUT2D eigenvalue weighted by atomic mass is 10.4. The summed E-state index contributed by atoms with van der Waals surface area (Å²) in [5.41, 5.74) is 0.0649. The van der Waals surface area contributed by atoms with Crippen molar-refractivity contribution in [3.8, 4) is 5.82 Å². The molecule has 100 valence electrons. The number of hydrogen-bond donors (Lipinski definition) is 1. The monoisotopic (exact) mass is 273 g/mol. The first-order valence-electron chi connectivity index (χ1n) is 5.48. The van der Waals surface area contributed by atoms with Gasteiger partial charge in [-0.25, -0.2) is 14.5 Å². The van der Waals surface area contributed by atoms with Gasteiger partial charge in [0.2, 0.25) is 0 Å². The van der Waals surface area contributed by atoms with Crippen LogP contribution in [0.4, 0.5) is 5.69 Å². The minimum absolute atomic E-state index is 0.0248. The number of pyridine rings is 1. The Labute approximate surface area is 110 Å². The molecule has 9 nitrogen and oxygen atoms in total. The number of aromatic nitrogens is 4. The minimum atomic E-state index is -1.20. The number of carboxylic acids is 1. The van der Waals surface area contributed by atoms with Gasteiger partial charge in [-0.1, -0.05) is 6.07 Å². The van der Waals surface area contributed by atoms with Crippen molar-refractivity contribution in [3.63, 3.8) is 0 Å². The van der Waals surface area contributed by atoms with E-state index in [2.05, 4.69) is 10.1 Å². The second kappa shape index (κ2) is 4.16. The van der Waals surface area contributed by atoms with E-state index in [4.69, 9.17) is 0 Å². The van der Waals surface area contributed by atoms with E-state index in [1.807, 2.05) is 0 Å². The molecular formula is C11H7N5O4. The van der Waals surface area contributed by atoms with E-state index in [0.29, 0.717) is 5.65 Å². The number of fused-ring (bicyclic) bond motifs is 1. The smallest absolute Gasteiger partial charge is 0.356 e. The number of imidazole rings is 1. The van der Waals surface area contributed by atoms with Crippen LogP contribution >= 0.6 is 0 Å². The van der Waals surface area contributed by atoms with Crippen molar-refractivity contribution >= 4 is 17.3 Å². The first-order chi connectivity index (χ1) is 9.58. The molecule has 0 bridgehead atoms. The molecule has 3 aromatic rings. The molecule has 0 aliphatic carbocycles. The number of nitro groups is 1. The predicted molar refractivity (Wildman–Crippen MR) is 65.9 cm³/mol. The van der Waals surface area contributed by atoms with Crippen LogP contribution in [0, 0.1) is 10.1 Å². The van der Waals surface area contributed by atoms with Crippen molar-refractivity contribution in [2.24, 2.45) is 0 Å². The highest BCUT2D eigenvalue weighted by atomic mass is 16.6. The second-order valence-electron chi connectivity index (χ2n) is 3.92. The predicted octanol–water partition coefficient (Wildman–Crippen LogP) is 1.13. The van der Waals surface area contributed by atoms with E-state index in [9.17, 15) is 20.0 Å². The van der Waals surface area contributed by atoms with Gasteiger partial charge in [-0.3, -0.25) is 14.5 Å². The van der Waals surface area contributed by atoms with Gasteiger partial charge < -0.3 is 5.11 Å². The molecular weight excluding hydrogens is 266 g/mol. The van der Waals surface area contributed by atoms with E-state index in [1.54, 1.807) is 24.4 Å². The van der Waals surface area contributed by atoms with Crippen LogP contribution in [-0.2, 0) is 0 Å². The lowest BCUT2D eigenvalue weighted by Crippen LogP contribution is -2.07. The molecule has 0 saturated carbocycles. The number of nitrogens with zero attached hydrogens (tertiary/aromatic N) is 5. The molecule has 0 aromatic carbocycles. The molecule has 0 unspecified atom stereocenters. The van der Waals surface area contributed by atoms with Crippen LogP contribution in [0.2, 0.25) is 0 Å². The summed E-state index contributed by atoms with van der Waals surface area (Å²) in [4.78, 5) is 25.5. The van der Waals surface area contributed by atoms with Crippen LogP contribution in [0.15, 0.2) is 36.8 Å². The summed E-state index contributed by atoms with van der Waals surface area (Å²) >= 11 is 0. The zero-order valence-corrected chi connectivity index (χ0v) is 9.87. The zero-order valence-electron chi connectivity index (χ0n) is 9.87. The SMILES string of the molecule is O=C(O)c1c(-n2cc([N+](=O)[O-])cn2)nc2ccccn12. The Morgan fingerprint density at radius 2 is 2.20 bits per heavy atom. The number of carbonyl (C=O) groups is 1. The Bertz CT molecular complexity index is 834. The topological polar surface area (TPSA) is 116 Å². The van der Waals surface area contributed by atoms with Crippen molar-refractivity contribution in [2.45, 2.75) is 0 Å². The lowest BCUT2D eigenvalue weighted by Gasteiger charge is -1.98. The molecule has 0 fully saturated rings. The summed E-state index contributed by atoms with van der Waals surface area (Å²) in [6.45, 7) is 0. The fraction of sp³-hybridized carbons (Fsp3) is 0. The minimum Gasteiger partial charge on any atom is -0.476 e. The van der Waals surface area contributed by atoms with Crippen molar-refractivity contribution in [3.05, 3.63) is 52.6 Å². The fourth-order valence-corrected chi connectivity index (χ4v) is 1.87. The van der Waals surface area contributed by atoms with Crippen molar-refractivity contribution in [1.29, 1.82) is 0 Å². The summed E-state index contributed by atoms with van der Waals surface area (Å²) < 4.78 is 2.46. The molecule has 0 saturated heterocycles. The maximum Gasteiger partial charge on any atom is 0.356 e. The van der Waals surface area contributed by atoms with E-state index in [0.717, 1.165) is 17.1 Å². The highest BCUT2D eigenvalue weighted by Crippen LogP contribution is 2.19. The normalized spacial score (nSPS) is 10.8. The van der Waals surface area contributed by atoms with Gasteiger partial charge in [0.25, 0.3) is 0 Å². The Balaban J connectivity index is 2.26. The van der Waals surface area contributed by atoms with E-state index in [1.165, 1.54) is 4.40 Å². The number of carboxylic acid groups (broad SMARTS) is 1. The summed E-state index contributed by atoms with van der Waals surface area (Å²) in [5.74, 6) is -1.17. The molecule has 3 rings (SSSR count). The third kappa shape index (κ3) is 1.68. The summed E-state index contributed by atoms with van der Waals surface area (Å²) in [5, 5.41) is 23.7. The van der Waals surface area contributed by atoms with Crippen LogP contribution in [0.25, 0.3) is 11.5 Å². The average molecular weight is 273 g/mol. The number of hydrogen-bond acceptors (Lipinski definition) is 5. The van der Waals surface area contributed by atoms with Crippen LogP contribution in [-0.4, -0.2) is 35.2 Å². The van der Waals surface area contributed by atoms with Crippen LogP contribution in [0.1, 0.15) is 10.5 Å². The van der Waals surface area contributed by atoms with Crippen molar-refractivity contribution in [2.75, 3.05) is 0 Å². The van der Waals surface area contributed by atoms with Crippen LogP contribution in [0.5, 0.6) is 0 Å². The average Bonchev–Trinajstić information content (AvgIpc) is 3.02. The van der Waals surface area contributed by atoms with Gasteiger partial charge >= 0.3 is 11.7 Å². The van der Waals surface area contributed by atoms with Gasteiger partial charge in [-0.15, -0.1) is 0 Å². The second-order valence-corrected chi connectivity index (χ2v) is 3.92. The zero-order chi connectivity index (χ0) is 14.3. The van der Waals surface area contributed by atoms with Crippen molar-refractivity contribution < 1.29 is 14.8 Å². The molecule has 20 heavy (non-hydrogen) atoms. The van der Waals surface area contributed by atoms with Gasteiger partial charge in [-0.05, 0) is 12.1 Å². The van der Waals surface area contributed by atoms with Crippen molar-refractivity contribution in [1.82, 2.24) is 19.2 Å². The van der Waals surface area contributed by atoms with Crippen LogP contribution < -0.4 is 0 Å². The first kappa shape index (κ1) is 11.8. The fourth-order valence-electron chi connectivity index (χ4n) is 1.87. The Morgan fingerprint density at radius 1 is 1.40 bits per heavy atom. The standard InChI is InChI=1S/C11H7N5O4/c17-11(18)9-10(13-8-3-1-2-4-14(8)9)15-6-7(5-12-15)16(19)20/h1-6H,(H,17,18). The summed E-state index contributed by atoms with van der Waals surface area (Å²) in [7, 11) is 0. The first-order valence-corrected chi connectivity index (χ1v) is 5.48. The maximum absolute atomic E-state index is 11.4. The number of aromatic carboxylic acids is 1. The molecule has 0 spiro atoms. The molecule has 1 N–H and O–H groups in total. The quantitative estimate of drug-likeness (QED) is 0.564. The summed E-state index contributed by atoms with van der Waals surface area (Å²) in [6.07, 6.45) is 3.71. The Morgan fingerprint density at radius 3 is 2.85 bits per heavy atom. The largest absolute Gasteiger partial charge is 0.476 e.